The minimum atomic E-state index is -0.541. The lowest BCUT2D eigenvalue weighted by atomic mass is 10.2. The molecule has 0 aromatic rings. The van der Waals surface area contributed by atoms with Gasteiger partial charge in [-0.25, -0.2) is 0 Å². The fourth-order valence-electron chi connectivity index (χ4n) is 1.03. The Morgan fingerprint density at radius 2 is 1.75 bits per heavy atom. The topological polar surface area (TPSA) is 84.2 Å². The van der Waals surface area contributed by atoms with Crippen molar-refractivity contribution < 1.29 is 9.59 Å². The SMILES string of the molecule is CCC(N)C(=O)NC(C)C(=O)NCC(C)C. The Bertz CT molecular complexity index is 241. The number of amides is 2. The molecule has 0 aliphatic heterocycles. The first-order valence-corrected chi connectivity index (χ1v) is 5.72. The van der Waals surface area contributed by atoms with Crippen molar-refractivity contribution in [3.8, 4) is 0 Å². The van der Waals surface area contributed by atoms with Crippen molar-refractivity contribution in [2.45, 2.75) is 46.2 Å². The summed E-state index contributed by atoms with van der Waals surface area (Å²) in [4.78, 5) is 22.9. The molecule has 16 heavy (non-hydrogen) atoms. The van der Waals surface area contributed by atoms with Crippen LogP contribution in [0, 0.1) is 5.92 Å². The van der Waals surface area contributed by atoms with Gasteiger partial charge in [0.1, 0.15) is 6.04 Å². The molecule has 4 N–H and O–H groups in total. The molecular weight excluding hydrogens is 206 g/mol. The summed E-state index contributed by atoms with van der Waals surface area (Å²) in [6.45, 7) is 8.11. The van der Waals surface area contributed by atoms with E-state index >= 15 is 0 Å². The second-order valence-corrected chi connectivity index (χ2v) is 4.38. The zero-order valence-corrected chi connectivity index (χ0v) is 10.5. The normalized spacial score (nSPS) is 14.4. The molecule has 5 heteroatoms. The molecule has 0 saturated carbocycles. The lowest BCUT2D eigenvalue weighted by Gasteiger charge is -2.17. The third-order valence-corrected chi connectivity index (χ3v) is 2.21. The highest BCUT2D eigenvalue weighted by Gasteiger charge is 2.18. The Hall–Kier alpha value is -1.10. The first kappa shape index (κ1) is 14.9. The summed E-state index contributed by atoms with van der Waals surface area (Å²) in [5.41, 5.74) is 5.54. The molecule has 0 aliphatic rings. The maximum absolute atomic E-state index is 11.5. The van der Waals surface area contributed by atoms with Crippen molar-refractivity contribution in [1.29, 1.82) is 0 Å². The minimum absolute atomic E-state index is 0.176. The van der Waals surface area contributed by atoms with Crippen molar-refractivity contribution in [2.24, 2.45) is 11.7 Å². The lowest BCUT2D eigenvalue weighted by Crippen LogP contribution is -2.50. The van der Waals surface area contributed by atoms with E-state index in [0.717, 1.165) is 0 Å². The summed E-state index contributed by atoms with van der Waals surface area (Å²) in [7, 11) is 0. The highest BCUT2D eigenvalue weighted by atomic mass is 16.2. The van der Waals surface area contributed by atoms with E-state index < -0.39 is 12.1 Å². The van der Waals surface area contributed by atoms with E-state index in [9.17, 15) is 9.59 Å². The van der Waals surface area contributed by atoms with Crippen LogP contribution in [0.25, 0.3) is 0 Å². The van der Waals surface area contributed by atoms with E-state index in [0.29, 0.717) is 18.9 Å². The van der Waals surface area contributed by atoms with E-state index in [1.165, 1.54) is 0 Å². The van der Waals surface area contributed by atoms with Crippen molar-refractivity contribution in [1.82, 2.24) is 10.6 Å². The highest BCUT2D eigenvalue weighted by molar-refractivity contribution is 5.89. The van der Waals surface area contributed by atoms with Gasteiger partial charge in [0.2, 0.25) is 11.8 Å². The molecule has 0 aromatic carbocycles. The average Bonchev–Trinajstić information content (AvgIpc) is 2.24. The van der Waals surface area contributed by atoms with Gasteiger partial charge in [0.05, 0.1) is 6.04 Å². The van der Waals surface area contributed by atoms with Crippen LogP contribution < -0.4 is 16.4 Å². The van der Waals surface area contributed by atoms with Crippen LogP contribution in [0.1, 0.15) is 34.1 Å². The molecule has 2 unspecified atom stereocenters. The van der Waals surface area contributed by atoms with Gasteiger partial charge in [-0.05, 0) is 19.3 Å². The fourth-order valence-corrected chi connectivity index (χ4v) is 1.03. The summed E-state index contributed by atoms with van der Waals surface area (Å²) in [5.74, 6) is -0.0650. The Labute approximate surface area is 97.2 Å². The Morgan fingerprint density at radius 1 is 1.19 bits per heavy atom. The molecule has 0 radical (unpaired) electrons. The summed E-state index contributed by atoms with van der Waals surface area (Å²) in [6.07, 6.45) is 0.562. The number of nitrogens with two attached hydrogens (primary N) is 1. The Kier molecular flexibility index (Phi) is 6.72. The van der Waals surface area contributed by atoms with Gasteiger partial charge < -0.3 is 16.4 Å². The molecule has 0 rings (SSSR count). The Balaban J connectivity index is 4.00. The highest BCUT2D eigenvalue weighted by Crippen LogP contribution is 1.91. The molecule has 0 spiro atoms. The molecule has 2 atom stereocenters. The minimum Gasteiger partial charge on any atom is -0.354 e. The van der Waals surface area contributed by atoms with E-state index in [-0.39, 0.29) is 11.8 Å². The summed E-state index contributed by atoms with van der Waals surface area (Å²) >= 11 is 0. The van der Waals surface area contributed by atoms with Gasteiger partial charge >= 0.3 is 0 Å². The quantitative estimate of drug-likeness (QED) is 0.599. The predicted molar refractivity (Wildman–Crippen MR) is 63.7 cm³/mol. The molecular formula is C11H23N3O2. The van der Waals surface area contributed by atoms with Crippen LogP contribution in [0.5, 0.6) is 0 Å². The van der Waals surface area contributed by atoms with Crippen molar-refractivity contribution in [2.75, 3.05) is 6.54 Å². The van der Waals surface area contributed by atoms with Crippen LogP contribution in [-0.2, 0) is 9.59 Å². The molecule has 0 aliphatic carbocycles. The van der Waals surface area contributed by atoms with Gasteiger partial charge in [0.25, 0.3) is 0 Å². The summed E-state index contributed by atoms with van der Waals surface area (Å²) in [5, 5.41) is 5.33. The third kappa shape index (κ3) is 5.70. The molecule has 0 saturated heterocycles. The summed E-state index contributed by atoms with van der Waals surface area (Å²) < 4.78 is 0. The number of hydrogen-bond donors (Lipinski definition) is 3. The van der Waals surface area contributed by atoms with Gasteiger partial charge in [-0.2, -0.15) is 0 Å². The van der Waals surface area contributed by atoms with Crippen LogP contribution in [0.4, 0.5) is 0 Å². The number of carbonyl (C=O) groups excluding carboxylic acids is 2. The van der Waals surface area contributed by atoms with Gasteiger partial charge in [-0.15, -0.1) is 0 Å². The van der Waals surface area contributed by atoms with Crippen LogP contribution in [0.3, 0.4) is 0 Å². The molecule has 2 amide bonds. The van der Waals surface area contributed by atoms with E-state index in [2.05, 4.69) is 10.6 Å². The Morgan fingerprint density at radius 3 is 2.19 bits per heavy atom. The largest absolute Gasteiger partial charge is 0.354 e. The van der Waals surface area contributed by atoms with Crippen molar-refractivity contribution in [3.63, 3.8) is 0 Å². The number of nitrogens with one attached hydrogen (secondary N) is 2. The molecule has 0 heterocycles. The van der Waals surface area contributed by atoms with Gasteiger partial charge in [0.15, 0.2) is 0 Å². The number of hydrogen-bond acceptors (Lipinski definition) is 3. The van der Waals surface area contributed by atoms with E-state index in [4.69, 9.17) is 5.73 Å². The van der Waals surface area contributed by atoms with Crippen LogP contribution in [0.2, 0.25) is 0 Å². The zero-order chi connectivity index (χ0) is 12.7. The third-order valence-electron chi connectivity index (χ3n) is 2.21. The van der Waals surface area contributed by atoms with Gasteiger partial charge in [-0.1, -0.05) is 20.8 Å². The second-order valence-electron chi connectivity index (χ2n) is 4.38. The van der Waals surface area contributed by atoms with E-state index in [1.54, 1.807) is 6.92 Å². The fraction of sp³-hybridized carbons (Fsp3) is 0.818. The maximum Gasteiger partial charge on any atom is 0.242 e. The molecule has 0 bridgehead atoms. The van der Waals surface area contributed by atoms with Crippen molar-refractivity contribution >= 4 is 11.8 Å². The molecule has 0 aromatic heterocycles. The maximum atomic E-state index is 11.5. The van der Waals surface area contributed by atoms with Crippen LogP contribution >= 0.6 is 0 Å². The average molecular weight is 229 g/mol. The van der Waals surface area contributed by atoms with Crippen LogP contribution in [-0.4, -0.2) is 30.4 Å². The second kappa shape index (κ2) is 7.22. The number of rotatable bonds is 6. The standard InChI is InChI=1S/C11H23N3O2/c1-5-9(12)11(16)14-8(4)10(15)13-6-7(2)3/h7-9H,5-6,12H2,1-4H3,(H,13,15)(H,14,16). The van der Waals surface area contributed by atoms with Crippen molar-refractivity contribution in [3.05, 3.63) is 0 Å². The smallest absolute Gasteiger partial charge is 0.242 e. The first-order valence-electron chi connectivity index (χ1n) is 5.72. The molecule has 94 valence electrons. The predicted octanol–water partition coefficient (Wildman–Crippen LogP) is 0.000600. The van der Waals surface area contributed by atoms with Gasteiger partial charge in [-0.3, -0.25) is 9.59 Å². The molecule has 0 fully saturated rings. The van der Waals surface area contributed by atoms with Gasteiger partial charge in [0, 0.05) is 6.54 Å². The lowest BCUT2D eigenvalue weighted by molar-refractivity contribution is -0.129. The first-order chi connectivity index (χ1) is 7.38. The monoisotopic (exact) mass is 229 g/mol. The van der Waals surface area contributed by atoms with E-state index in [1.807, 2.05) is 20.8 Å². The zero-order valence-electron chi connectivity index (χ0n) is 10.5. The van der Waals surface area contributed by atoms with Crippen LogP contribution in [0.15, 0.2) is 0 Å². The number of carbonyl (C=O) groups is 2. The molecule has 5 nitrogen and oxygen atoms in total. The summed E-state index contributed by atoms with van der Waals surface area (Å²) in [6, 6.07) is -1.08.